The first-order valence-corrected chi connectivity index (χ1v) is 9.16. The molecule has 1 aliphatic rings. The van der Waals surface area contributed by atoms with E-state index in [1.165, 1.54) is 31.4 Å². The molecular formula is C19H24N2OS. The number of rotatable bonds is 5. The summed E-state index contributed by atoms with van der Waals surface area (Å²) >= 11 is 1.70. The Morgan fingerprint density at radius 3 is 2.91 bits per heavy atom. The van der Waals surface area contributed by atoms with Crippen LogP contribution in [0.2, 0.25) is 0 Å². The summed E-state index contributed by atoms with van der Waals surface area (Å²) in [5.74, 6) is 0.820. The Morgan fingerprint density at radius 2 is 2.13 bits per heavy atom. The fraction of sp³-hybridized carbons (Fsp3) is 0.421. The minimum atomic E-state index is 0.820. The maximum atomic E-state index is 5.41. The lowest BCUT2D eigenvalue weighted by molar-refractivity contribution is 0.416. The molecule has 1 aromatic heterocycles. The second-order valence-electron chi connectivity index (χ2n) is 5.95. The highest BCUT2D eigenvalue weighted by molar-refractivity contribution is 7.07. The monoisotopic (exact) mass is 328 g/mol. The third kappa shape index (κ3) is 3.94. The van der Waals surface area contributed by atoms with Crippen molar-refractivity contribution < 1.29 is 4.74 Å². The van der Waals surface area contributed by atoms with Gasteiger partial charge in [0.2, 0.25) is 0 Å². The van der Waals surface area contributed by atoms with Gasteiger partial charge in [-0.3, -0.25) is 0 Å². The van der Waals surface area contributed by atoms with E-state index in [0.717, 1.165) is 29.2 Å². The van der Waals surface area contributed by atoms with Crippen LogP contribution in [-0.4, -0.2) is 11.7 Å². The van der Waals surface area contributed by atoms with Crippen molar-refractivity contribution in [3.8, 4) is 5.75 Å². The van der Waals surface area contributed by atoms with Crippen molar-refractivity contribution in [2.45, 2.75) is 45.6 Å². The second-order valence-corrected chi connectivity index (χ2v) is 6.79. The molecule has 2 aromatic rings. The summed E-state index contributed by atoms with van der Waals surface area (Å²) in [7, 11) is 1.69. The number of allylic oxidation sites excluding steroid dienone is 2. The Labute approximate surface area is 142 Å². The first-order chi connectivity index (χ1) is 11.3. The molecule has 0 spiro atoms. The number of hydrogen-bond acceptors (Lipinski definition) is 3. The van der Waals surface area contributed by atoms with E-state index in [9.17, 15) is 0 Å². The predicted molar refractivity (Wildman–Crippen MR) is 96.4 cm³/mol. The molecule has 122 valence electrons. The Kier molecular flexibility index (Phi) is 5.34. The number of methoxy groups -OCH3 is 1. The minimum Gasteiger partial charge on any atom is -0.494 e. The number of ether oxygens (including phenoxy) is 1. The van der Waals surface area contributed by atoms with Crippen LogP contribution < -0.4 is 9.54 Å². The van der Waals surface area contributed by atoms with Crippen molar-refractivity contribution >= 4 is 17.0 Å². The molecule has 3 nitrogen and oxygen atoms in total. The summed E-state index contributed by atoms with van der Waals surface area (Å²) in [6.07, 6.45) is 8.78. The molecule has 0 N–H and O–H groups in total. The molecule has 0 saturated heterocycles. The Balaban J connectivity index is 1.86. The van der Waals surface area contributed by atoms with Gasteiger partial charge in [-0.15, -0.1) is 11.3 Å². The van der Waals surface area contributed by atoms with Gasteiger partial charge < -0.3 is 9.30 Å². The van der Waals surface area contributed by atoms with Crippen molar-refractivity contribution in [2.24, 2.45) is 4.99 Å². The van der Waals surface area contributed by atoms with Crippen LogP contribution >= 0.6 is 11.3 Å². The van der Waals surface area contributed by atoms with Crippen LogP contribution in [0.4, 0.5) is 5.69 Å². The van der Waals surface area contributed by atoms with Gasteiger partial charge in [0.05, 0.1) is 7.11 Å². The number of para-hydroxylation sites is 2. The van der Waals surface area contributed by atoms with Crippen LogP contribution in [0, 0.1) is 6.92 Å². The number of nitrogens with zero attached hydrogens (tertiary/aromatic N) is 2. The molecule has 1 aromatic carbocycles. The zero-order chi connectivity index (χ0) is 16.1. The second kappa shape index (κ2) is 7.64. The van der Waals surface area contributed by atoms with Crippen molar-refractivity contribution in [2.75, 3.05) is 7.11 Å². The summed E-state index contributed by atoms with van der Waals surface area (Å²) in [4.78, 5) is 5.88. The fourth-order valence-corrected chi connectivity index (χ4v) is 3.90. The largest absolute Gasteiger partial charge is 0.494 e. The molecule has 1 aliphatic carbocycles. The van der Waals surface area contributed by atoms with Crippen molar-refractivity contribution in [3.05, 3.63) is 51.8 Å². The van der Waals surface area contributed by atoms with Crippen LogP contribution in [0.3, 0.4) is 0 Å². The number of aryl methyl sites for hydroxylation is 1. The van der Waals surface area contributed by atoms with E-state index in [4.69, 9.17) is 9.73 Å². The first kappa shape index (κ1) is 16.1. The Hall–Kier alpha value is -1.81. The summed E-state index contributed by atoms with van der Waals surface area (Å²) in [5.41, 5.74) is 3.78. The normalized spacial score (nSPS) is 15.6. The smallest absolute Gasteiger partial charge is 0.190 e. The van der Waals surface area contributed by atoms with Gasteiger partial charge in [-0.05, 0) is 51.2 Å². The lowest BCUT2D eigenvalue weighted by atomic mass is 9.97. The SMILES string of the molecule is COc1ccccc1N=c1scc(C)n1CCC1=CCCCC1. The van der Waals surface area contributed by atoms with Gasteiger partial charge in [-0.1, -0.05) is 23.8 Å². The molecule has 0 unspecified atom stereocenters. The summed E-state index contributed by atoms with van der Waals surface area (Å²) in [5, 5.41) is 2.18. The highest BCUT2D eigenvalue weighted by Crippen LogP contribution is 2.26. The lowest BCUT2D eigenvalue weighted by Crippen LogP contribution is -2.16. The van der Waals surface area contributed by atoms with Gasteiger partial charge in [0, 0.05) is 17.6 Å². The lowest BCUT2D eigenvalue weighted by Gasteiger charge is -2.13. The van der Waals surface area contributed by atoms with Crippen molar-refractivity contribution in [1.82, 2.24) is 4.57 Å². The van der Waals surface area contributed by atoms with Crippen LogP contribution in [-0.2, 0) is 6.54 Å². The molecule has 3 rings (SSSR count). The summed E-state index contributed by atoms with van der Waals surface area (Å²) in [6.45, 7) is 3.17. The molecule has 4 heteroatoms. The average molecular weight is 328 g/mol. The predicted octanol–water partition coefficient (Wildman–Crippen LogP) is 4.99. The molecular weight excluding hydrogens is 304 g/mol. The van der Waals surface area contributed by atoms with E-state index < -0.39 is 0 Å². The van der Waals surface area contributed by atoms with Gasteiger partial charge in [0.1, 0.15) is 11.4 Å². The molecule has 0 radical (unpaired) electrons. The topological polar surface area (TPSA) is 26.5 Å². The molecule has 0 saturated carbocycles. The highest BCUT2D eigenvalue weighted by atomic mass is 32.1. The zero-order valence-electron chi connectivity index (χ0n) is 13.9. The van der Waals surface area contributed by atoms with Crippen LogP contribution in [0.15, 0.2) is 46.3 Å². The molecule has 1 heterocycles. The summed E-state index contributed by atoms with van der Waals surface area (Å²) < 4.78 is 7.74. The number of thiazole rings is 1. The van der Waals surface area contributed by atoms with E-state index in [1.54, 1.807) is 24.0 Å². The van der Waals surface area contributed by atoms with E-state index >= 15 is 0 Å². The maximum absolute atomic E-state index is 5.41. The molecule has 0 atom stereocenters. The number of hydrogen-bond donors (Lipinski definition) is 0. The van der Waals surface area contributed by atoms with E-state index in [2.05, 4.69) is 22.9 Å². The Bertz CT molecular complexity index is 755. The number of benzene rings is 1. The fourth-order valence-electron chi connectivity index (χ4n) is 2.99. The molecule has 23 heavy (non-hydrogen) atoms. The van der Waals surface area contributed by atoms with E-state index in [1.807, 2.05) is 24.3 Å². The van der Waals surface area contributed by atoms with Gasteiger partial charge >= 0.3 is 0 Å². The first-order valence-electron chi connectivity index (χ1n) is 8.28. The van der Waals surface area contributed by atoms with Gasteiger partial charge in [0.15, 0.2) is 4.80 Å². The van der Waals surface area contributed by atoms with Crippen LogP contribution in [0.1, 0.15) is 37.8 Å². The quantitative estimate of drug-likeness (QED) is 0.710. The third-order valence-corrected chi connectivity index (χ3v) is 5.32. The van der Waals surface area contributed by atoms with Gasteiger partial charge in [0.25, 0.3) is 0 Å². The third-order valence-electron chi connectivity index (χ3n) is 4.33. The zero-order valence-corrected chi connectivity index (χ0v) is 14.7. The van der Waals surface area contributed by atoms with Crippen LogP contribution in [0.5, 0.6) is 5.75 Å². The molecule has 0 fully saturated rings. The Morgan fingerprint density at radius 1 is 1.26 bits per heavy atom. The van der Waals surface area contributed by atoms with Gasteiger partial charge in [-0.25, -0.2) is 4.99 Å². The van der Waals surface area contributed by atoms with Crippen LogP contribution in [0.25, 0.3) is 0 Å². The van der Waals surface area contributed by atoms with Crippen molar-refractivity contribution in [3.63, 3.8) is 0 Å². The average Bonchev–Trinajstić information content (AvgIpc) is 2.94. The number of aromatic nitrogens is 1. The van der Waals surface area contributed by atoms with E-state index in [-0.39, 0.29) is 0 Å². The molecule has 0 amide bonds. The maximum Gasteiger partial charge on any atom is 0.190 e. The summed E-state index contributed by atoms with van der Waals surface area (Å²) in [6, 6.07) is 7.93. The standard InChI is InChI=1S/C19H24N2OS/c1-15-14-23-19(20-17-10-6-7-11-18(17)22-2)21(15)13-12-16-8-4-3-5-9-16/h6-8,10-11,14H,3-5,9,12-13H2,1-2H3. The molecule has 0 bridgehead atoms. The van der Waals surface area contributed by atoms with E-state index in [0.29, 0.717) is 0 Å². The van der Waals surface area contributed by atoms with Crippen molar-refractivity contribution in [1.29, 1.82) is 0 Å². The minimum absolute atomic E-state index is 0.820. The van der Waals surface area contributed by atoms with Gasteiger partial charge in [-0.2, -0.15) is 0 Å². The molecule has 0 aliphatic heterocycles. The highest BCUT2D eigenvalue weighted by Gasteiger charge is 2.07.